The monoisotopic (exact) mass is 273 g/mol. The number of pyridine rings is 1. The highest BCUT2D eigenvalue weighted by molar-refractivity contribution is 5.34. The fourth-order valence-corrected chi connectivity index (χ4v) is 1.77. The Morgan fingerprint density at radius 1 is 1.00 bits per heavy atom. The minimum atomic E-state index is -0.519. The van der Waals surface area contributed by atoms with Crippen LogP contribution in [0.25, 0.3) is 0 Å². The normalized spacial score (nSPS) is 11.9. The van der Waals surface area contributed by atoms with Crippen LogP contribution in [0.3, 0.4) is 0 Å². The van der Waals surface area contributed by atoms with Crippen LogP contribution < -0.4 is 9.47 Å². The number of rotatable bonds is 6. The van der Waals surface area contributed by atoms with Gasteiger partial charge in [-0.25, -0.2) is 0 Å². The lowest BCUT2D eigenvalue weighted by Crippen LogP contribution is -1.98. The van der Waals surface area contributed by atoms with Crippen LogP contribution in [0, 0.1) is 0 Å². The van der Waals surface area contributed by atoms with Crippen LogP contribution in [-0.2, 0) is 0 Å². The lowest BCUT2D eigenvalue weighted by Gasteiger charge is -2.09. The van der Waals surface area contributed by atoms with Gasteiger partial charge in [0.2, 0.25) is 0 Å². The number of hydrogen-bond donors (Lipinski definition) is 1. The van der Waals surface area contributed by atoms with Crippen molar-refractivity contribution >= 4 is 0 Å². The second-order valence-electron chi connectivity index (χ2n) is 4.35. The van der Waals surface area contributed by atoms with Gasteiger partial charge in [-0.3, -0.25) is 4.98 Å². The fraction of sp³-hybridized carbons (Fsp3) is 0.312. The van der Waals surface area contributed by atoms with E-state index >= 15 is 0 Å². The third-order valence-corrected chi connectivity index (χ3v) is 2.86. The minimum Gasteiger partial charge on any atom is -0.494 e. The molecule has 0 fully saturated rings. The van der Waals surface area contributed by atoms with E-state index in [1.165, 1.54) is 0 Å². The summed E-state index contributed by atoms with van der Waals surface area (Å²) in [6.07, 6.45) is 1.74. The maximum absolute atomic E-state index is 9.67. The van der Waals surface area contributed by atoms with Gasteiger partial charge in [-0.05, 0) is 49.7 Å². The fourth-order valence-electron chi connectivity index (χ4n) is 1.77. The molecule has 1 aromatic heterocycles. The summed E-state index contributed by atoms with van der Waals surface area (Å²) in [5.74, 6) is 2.18. The highest BCUT2D eigenvalue weighted by Crippen LogP contribution is 2.24. The van der Waals surface area contributed by atoms with Crippen molar-refractivity contribution in [2.45, 2.75) is 26.4 Å². The highest BCUT2D eigenvalue weighted by atomic mass is 16.5. The molecule has 0 spiro atoms. The number of hydrogen-bond acceptors (Lipinski definition) is 4. The van der Waals surface area contributed by atoms with Crippen molar-refractivity contribution in [2.75, 3.05) is 6.61 Å². The third-order valence-electron chi connectivity index (χ3n) is 2.86. The number of ether oxygens (including phenoxy) is 2. The zero-order valence-electron chi connectivity index (χ0n) is 11.7. The summed E-state index contributed by atoms with van der Waals surface area (Å²) >= 11 is 0. The first-order valence-corrected chi connectivity index (χ1v) is 6.77. The molecule has 0 aliphatic rings. The molecule has 0 saturated carbocycles. The van der Waals surface area contributed by atoms with Gasteiger partial charge in [0, 0.05) is 0 Å². The lowest BCUT2D eigenvalue weighted by atomic mass is 10.2. The first-order chi connectivity index (χ1) is 9.72. The van der Waals surface area contributed by atoms with Gasteiger partial charge in [0.15, 0.2) is 0 Å². The molecule has 0 radical (unpaired) electrons. The van der Waals surface area contributed by atoms with E-state index in [0.717, 1.165) is 11.5 Å². The van der Waals surface area contributed by atoms with Crippen molar-refractivity contribution in [2.24, 2.45) is 0 Å². The quantitative estimate of drug-likeness (QED) is 0.871. The number of aliphatic hydroxyl groups is 1. The van der Waals surface area contributed by atoms with Gasteiger partial charge in [-0.15, -0.1) is 0 Å². The van der Waals surface area contributed by atoms with E-state index in [0.29, 0.717) is 24.5 Å². The van der Waals surface area contributed by atoms with Crippen LogP contribution >= 0.6 is 0 Å². The van der Waals surface area contributed by atoms with Gasteiger partial charge in [-0.2, -0.15) is 0 Å². The molecule has 1 heterocycles. The van der Waals surface area contributed by atoms with Crippen molar-refractivity contribution < 1.29 is 14.6 Å². The van der Waals surface area contributed by atoms with Gasteiger partial charge in [-0.1, -0.05) is 6.92 Å². The predicted octanol–water partition coefficient (Wildman–Crippen LogP) is 3.72. The van der Waals surface area contributed by atoms with Crippen LogP contribution in [0.1, 0.15) is 32.1 Å². The Balaban J connectivity index is 2.02. The Morgan fingerprint density at radius 2 is 1.65 bits per heavy atom. The maximum Gasteiger partial charge on any atom is 0.145 e. The molecule has 4 heteroatoms. The summed E-state index contributed by atoms with van der Waals surface area (Å²) in [5.41, 5.74) is 0.659. The summed E-state index contributed by atoms with van der Waals surface area (Å²) in [4.78, 5) is 4.19. The number of aromatic nitrogens is 1. The molecule has 20 heavy (non-hydrogen) atoms. The summed E-state index contributed by atoms with van der Waals surface area (Å²) in [7, 11) is 0. The summed E-state index contributed by atoms with van der Waals surface area (Å²) in [5, 5.41) is 9.67. The molecule has 2 rings (SSSR count). The van der Waals surface area contributed by atoms with Crippen LogP contribution in [-0.4, -0.2) is 16.7 Å². The largest absolute Gasteiger partial charge is 0.494 e. The Kier molecular flexibility index (Phi) is 4.96. The Morgan fingerprint density at radius 3 is 2.20 bits per heavy atom. The van der Waals surface area contributed by atoms with E-state index in [9.17, 15) is 5.11 Å². The van der Waals surface area contributed by atoms with Gasteiger partial charge >= 0.3 is 0 Å². The summed E-state index contributed by atoms with van der Waals surface area (Å²) in [6.45, 7) is 4.50. The average molecular weight is 273 g/mol. The Hall–Kier alpha value is -2.07. The molecule has 2 aromatic rings. The van der Waals surface area contributed by atoms with Crippen LogP contribution in [0.2, 0.25) is 0 Å². The highest BCUT2D eigenvalue weighted by Gasteiger charge is 2.06. The van der Waals surface area contributed by atoms with E-state index in [2.05, 4.69) is 4.98 Å². The summed E-state index contributed by atoms with van der Waals surface area (Å²) in [6, 6.07) is 11.0. The second-order valence-corrected chi connectivity index (χ2v) is 4.35. The van der Waals surface area contributed by atoms with E-state index in [4.69, 9.17) is 9.47 Å². The predicted molar refractivity (Wildman–Crippen MR) is 77.2 cm³/mol. The molecule has 4 nitrogen and oxygen atoms in total. The Labute approximate surface area is 119 Å². The zero-order chi connectivity index (χ0) is 14.4. The third kappa shape index (κ3) is 3.71. The van der Waals surface area contributed by atoms with Crippen LogP contribution in [0.5, 0.6) is 17.2 Å². The smallest absolute Gasteiger partial charge is 0.145 e. The average Bonchev–Trinajstić information content (AvgIpc) is 2.49. The maximum atomic E-state index is 9.67. The van der Waals surface area contributed by atoms with Crippen molar-refractivity contribution in [1.82, 2.24) is 4.98 Å². The van der Waals surface area contributed by atoms with Crippen molar-refractivity contribution in [3.8, 4) is 17.2 Å². The molecule has 0 aliphatic heterocycles. The van der Waals surface area contributed by atoms with Gasteiger partial charge in [0.1, 0.15) is 17.2 Å². The summed E-state index contributed by atoms with van der Waals surface area (Å²) < 4.78 is 11.0. The first-order valence-electron chi connectivity index (χ1n) is 6.77. The molecule has 1 N–H and O–H groups in total. The van der Waals surface area contributed by atoms with E-state index < -0.39 is 6.10 Å². The molecule has 0 saturated heterocycles. The van der Waals surface area contributed by atoms with E-state index in [-0.39, 0.29) is 0 Å². The lowest BCUT2D eigenvalue weighted by molar-refractivity contribution is 0.169. The van der Waals surface area contributed by atoms with Gasteiger partial charge < -0.3 is 14.6 Å². The van der Waals surface area contributed by atoms with Gasteiger partial charge in [0.05, 0.1) is 24.6 Å². The van der Waals surface area contributed by atoms with Crippen molar-refractivity contribution in [1.29, 1.82) is 0 Å². The Bertz CT molecular complexity index is 522. The van der Waals surface area contributed by atoms with Crippen LogP contribution in [0.15, 0.2) is 42.6 Å². The van der Waals surface area contributed by atoms with E-state index in [1.807, 2.05) is 38.1 Å². The molecule has 106 valence electrons. The molecule has 0 bridgehead atoms. The SMILES string of the molecule is CCOc1ccc(Oc2ccc([C@@H](O)CC)nc2)cc1. The molecule has 1 atom stereocenters. The number of benzene rings is 1. The van der Waals surface area contributed by atoms with Crippen molar-refractivity contribution in [3.63, 3.8) is 0 Å². The molecule has 0 unspecified atom stereocenters. The molecule has 0 amide bonds. The van der Waals surface area contributed by atoms with Crippen molar-refractivity contribution in [3.05, 3.63) is 48.3 Å². The minimum absolute atomic E-state index is 0.519. The molecule has 0 aliphatic carbocycles. The second kappa shape index (κ2) is 6.91. The molecular formula is C16H19NO3. The zero-order valence-corrected chi connectivity index (χ0v) is 11.7. The molecule has 1 aromatic carbocycles. The standard InChI is InChI=1S/C16H19NO3/c1-3-16(18)15-10-9-14(11-17-15)20-13-7-5-12(6-8-13)19-4-2/h5-11,16,18H,3-4H2,1-2H3/t16-/m0/s1. The topological polar surface area (TPSA) is 51.6 Å². The van der Waals surface area contributed by atoms with Gasteiger partial charge in [0.25, 0.3) is 0 Å². The molecular weight excluding hydrogens is 254 g/mol. The number of aliphatic hydroxyl groups excluding tert-OH is 1. The first kappa shape index (κ1) is 14.3. The van der Waals surface area contributed by atoms with E-state index in [1.54, 1.807) is 18.3 Å². The number of nitrogens with zero attached hydrogens (tertiary/aromatic N) is 1. The van der Waals surface area contributed by atoms with Crippen LogP contribution in [0.4, 0.5) is 0 Å².